The number of amides is 1. The van der Waals surface area contributed by atoms with Gasteiger partial charge in [-0.25, -0.2) is 0 Å². The lowest BCUT2D eigenvalue weighted by Crippen LogP contribution is -2.20. The molecule has 0 saturated heterocycles. The predicted molar refractivity (Wildman–Crippen MR) is 97.7 cm³/mol. The standard InChI is InChI=1S/C16H20BrN3O3S/c1-9(2)11-6-12(17)10(3)5-13(11)23-7-14(21)18-16-20-19-15(24-16)8-22-4/h5-6,9H,7-8H2,1-4H3,(H,18,20,21). The Morgan fingerprint density at radius 1 is 1.38 bits per heavy atom. The predicted octanol–water partition coefficient (Wildman–Crippen LogP) is 3.90. The fourth-order valence-corrected chi connectivity index (χ4v) is 3.12. The summed E-state index contributed by atoms with van der Waals surface area (Å²) in [5.41, 5.74) is 2.11. The van der Waals surface area contributed by atoms with Crippen molar-refractivity contribution in [3.8, 4) is 5.75 Å². The number of hydrogen-bond donors (Lipinski definition) is 1. The number of rotatable bonds is 7. The van der Waals surface area contributed by atoms with Crippen LogP contribution >= 0.6 is 27.3 Å². The van der Waals surface area contributed by atoms with Gasteiger partial charge in [0.1, 0.15) is 17.4 Å². The van der Waals surface area contributed by atoms with Crippen LogP contribution in [-0.4, -0.2) is 29.8 Å². The summed E-state index contributed by atoms with van der Waals surface area (Å²) in [5.74, 6) is 0.739. The van der Waals surface area contributed by atoms with E-state index in [-0.39, 0.29) is 12.5 Å². The van der Waals surface area contributed by atoms with E-state index in [4.69, 9.17) is 9.47 Å². The molecule has 1 aromatic heterocycles. The van der Waals surface area contributed by atoms with E-state index in [1.165, 1.54) is 11.3 Å². The molecule has 0 bridgehead atoms. The molecule has 0 radical (unpaired) electrons. The number of benzene rings is 1. The lowest BCUT2D eigenvalue weighted by molar-refractivity contribution is -0.118. The molecule has 0 aliphatic carbocycles. The molecule has 8 heteroatoms. The maximum Gasteiger partial charge on any atom is 0.264 e. The molecule has 0 atom stereocenters. The number of methoxy groups -OCH3 is 1. The fourth-order valence-electron chi connectivity index (χ4n) is 2.03. The SMILES string of the molecule is COCc1nnc(NC(=O)COc2cc(C)c(Br)cc2C(C)C)s1. The van der Waals surface area contributed by atoms with Crippen molar-refractivity contribution in [1.82, 2.24) is 10.2 Å². The number of ether oxygens (including phenoxy) is 2. The van der Waals surface area contributed by atoms with E-state index < -0.39 is 0 Å². The van der Waals surface area contributed by atoms with Gasteiger partial charge in [0.2, 0.25) is 5.13 Å². The van der Waals surface area contributed by atoms with Crippen LogP contribution in [0.5, 0.6) is 5.75 Å². The number of carbonyl (C=O) groups excluding carboxylic acids is 1. The van der Waals surface area contributed by atoms with E-state index in [0.29, 0.717) is 22.7 Å². The average molecular weight is 414 g/mol. The second-order valence-corrected chi connectivity index (χ2v) is 7.48. The third kappa shape index (κ3) is 4.99. The molecule has 0 spiro atoms. The summed E-state index contributed by atoms with van der Waals surface area (Å²) in [5, 5.41) is 11.6. The fraction of sp³-hybridized carbons (Fsp3) is 0.438. The number of carbonyl (C=O) groups is 1. The normalized spacial score (nSPS) is 10.9. The number of hydrogen-bond acceptors (Lipinski definition) is 6. The molecule has 0 aliphatic rings. The van der Waals surface area contributed by atoms with Crippen LogP contribution < -0.4 is 10.1 Å². The molecule has 24 heavy (non-hydrogen) atoms. The van der Waals surface area contributed by atoms with Crippen molar-refractivity contribution in [2.45, 2.75) is 33.3 Å². The van der Waals surface area contributed by atoms with E-state index >= 15 is 0 Å². The lowest BCUT2D eigenvalue weighted by atomic mass is 10.0. The molecule has 0 saturated carbocycles. The number of nitrogens with zero attached hydrogens (tertiary/aromatic N) is 2. The van der Waals surface area contributed by atoms with Gasteiger partial charge in [-0.1, -0.05) is 41.1 Å². The van der Waals surface area contributed by atoms with Crippen molar-refractivity contribution in [3.05, 3.63) is 32.7 Å². The second kappa shape index (κ2) is 8.55. The van der Waals surface area contributed by atoms with Gasteiger partial charge < -0.3 is 9.47 Å². The van der Waals surface area contributed by atoms with Crippen molar-refractivity contribution in [3.63, 3.8) is 0 Å². The highest BCUT2D eigenvalue weighted by Crippen LogP contribution is 2.32. The van der Waals surface area contributed by atoms with Gasteiger partial charge in [-0.15, -0.1) is 10.2 Å². The number of nitrogens with one attached hydrogen (secondary N) is 1. The van der Waals surface area contributed by atoms with Crippen LogP contribution in [0.3, 0.4) is 0 Å². The van der Waals surface area contributed by atoms with Crippen molar-refractivity contribution in [1.29, 1.82) is 0 Å². The van der Waals surface area contributed by atoms with E-state index in [1.807, 2.05) is 19.1 Å². The maximum atomic E-state index is 12.0. The molecular formula is C16H20BrN3O3S. The van der Waals surface area contributed by atoms with Crippen molar-refractivity contribution in [2.24, 2.45) is 0 Å². The van der Waals surface area contributed by atoms with Gasteiger partial charge in [0, 0.05) is 11.6 Å². The maximum absolute atomic E-state index is 12.0. The quantitative estimate of drug-likeness (QED) is 0.744. The average Bonchev–Trinajstić information content (AvgIpc) is 2.95. The van der Waals surface area contributed by atoms with Crippen molar-refractivity contribution in [2.75, 3.05) is 19.0 Å². The summed E-state index contributed by atoms with van der Waals surface area (Å²) in [4.78, 5) is 12.0. The van der Waals surface area contributed by atoms with Crippen LogP contribution in [0, 0.1) is 6.92 Å². The summed E-state index contributed by atoms with van der Waals surface area (Å²) in [6.07, 6.45) is 0. The Morgan fingerprint density at radius 2 is 2.12 bits per heavy atom. The Bertz CT molecular complexity index is 719. The zero-order valence-corrected chi connectivity index (χ0v) is 16.5. The molecule has 0 aliphatic heterocycles. The molecular weight excluding hydrogens is 394 g/mol. The molecule has 6 nitrogen and oxygen atoms in total. The van der Waals surface area contributed by atoms with Gasteiger partial charge in [-0.05, 0) is 36.1 Å². The molecule has 130 valence electrons. The number of aryl methyl sites for hydroxylation is 1. The Morgan fingerprint density at radius 3 is 2.79 bits per heavy atom. The number of halogens is 1. The monoisotopic (exact) mass is 413 g/mol. The summed E-state index contributed by atoms with van der Waals surface area (Å²) in [7, 11) is 1.58. The molecule has 1 amide bonds. The molecule has 1 heterocycles. The molecule has 0 unspecified atom stereocenters. The highest BCUT2D eigenvalue weighted by molar-refractivity contribution is 9.10. The second-order valence-electron chi connectivity index (χ2n) is 5.56. The molecule has 1 N–H and O–H groups in total. The van der Waals surface area contributed by atoms with E-state index in [0.717, 1.165) is 21.3 Å². The topological polar surface area (TPSA) is 73.3 Å². The van der Waals surface area contributed by atoms with Crippen molar-refractivity contribution < 1.29 is 14.3 Å². The van der Waals surface area contributed by atoms with Crippen LogP contribution in [0.15, 0.2) is 16.6 Å². The van der Waals surface area contributed by atoms with Crippen LogP contribution in [0.1, 0.15) is 35.9 Å². The molecule has 2 rings (SSSR count). The third-order valence-corrected chi connectivity index (χ3v) is 4.92. The zero-order valence-electron chi connectivity index (χ0n) is 14.1. The summed E-state index contributed by atoms with van der Waals surface area (Å²) >= 11 is 4.81. The first-order valence-electron chi connectivity index (χ1n) is 7.44. The van der Waals surface area contributed by atoms with Gasteiger partial charge in [0.05, 0.1) is 0 Å². The molecule has 1 aromatic carbocycles. The largest absolute Gasteiger partial charge is 0.483 e. The van der Waals surface area contributed by atoms with Crippen molar-refractivity contribution >= 4 is 38.3 Å². The highest BCUT2D eigenvalue weighted by atomic mass is 79.9. The molecule has 2 aromatic rings. The first-order chi connectivity index (χ1) is 11.4. The van der Waals surface area contributed by atoms with Gasteiger partial charge in [0.15, 0.2) is 6.61 Å². The zero-order chi connectivity index (χ0) is 17.7. The Balaban J connectivity index is 1.99. The minimum Gasteiger partial charge on any atom is -0.483 e. The minimum atomic E-state index is -0.273. The van der Waals surface area contributed by atoms with E-state index in [2.05, 4.69) is 45.3 Å². The minimum absolute atomic E-state index is 0.0833. The van der Waals surface area contributed by atoms with E-state index in [1.54, 1.807) is 7.11 Å². The van der Waals surface area contributed by atoms with Gasteiger partial charge in [-0.2, -0.15) is 0 Å². The summed E-state index contributed by atoms with van der Waals surface area (Å²) in [6, 6.07) is 3.98. The Labute approximate surface area is 153 Å². The first kappa shape index (κ1) is 18.8. The molecule has 0 fully saturated rings. The van der Waals surface area contributed by atoms with Crippen LogP contribution in [0.4, 0.5) is 5.13 Å². The van der Waals surface area contributed by atoms with Gasteiger partial charge in [0.25, 0.3) is 5.91 Å². The van der Waals surface area contributed by atoms with Crippen LogP contribution in [0.25, 0.3) is 0 Å². The summed E-state index contributed by atoms with van der Waals surface area (Å²) in [6.45, 7) is 6.45. The smallest absolute Gasteiger partial charge is 0.264 e. The van der Waals surface area contributed by atoms with Crippen LogP contribution in [0.2, 0.25) is 0 Å². The number of anilines is 1. The van der Waals surface area contributed by atoms with Gasteiger partial charge >= 0.3 is 0 Å². The van der Waals surface area contributed by atoms with Gasteiger partial charge in [-0.3, -0.25) is 10.1 Å². The first-order valence-corrected chi connectivity index (χ1v) is 9.05. The Hall–Kier alpha value is -1.51. The summed E-state index contributed by atoms with van der Waals surface area (Å²) < 4.78 is 11.7. The number of aromatic nitrogens is 2. The Kier molecular flexibility index (Phi) is 6.70. The lowest BCUT2D eigenvalue weighted by Gasteiger charge is -2.15. The van der Waals surface area contributed by atoms with Crippen LogP contribution in [-0.2, 0) is 16.1 Å². The van der Waals surface area contributed by atoms with E-state index in [9.17, 15) is 4.79 Å². The third-order valence-electron chi connectivity index (χ3n) is 3.25. The highest BCUT2D eigenvalue weighted by Gasteiger charge is 2.13.